The van der Waals surface area contributed by atoms with E-state index in [2.05, 4.69) is 53.7 Å². The number of ether oxygens (including phenoxy) is 1. The second kappa shape index (κ2) is 5.82. The Bertz CT molecular complexity index is 535. The maximum absolute atomic E-state index is 12.4. The number of Topliss-reactive ketones (excluding diaryl/α,β-unsaturated/α-hetero) is 1. The maximum atomic E-state index is 12.4. The third-order valence-electron chi connectivity index (χ3n) is 4.18. The molecule has 1 aliphatic carbocycles. The van der Waals surface area contributed by atoms with Gasteiger partial charge in [0.2, 0.25) is 0 Å². The predicted octanol–water partition coefficient (Wildman–Crippen LogP) is 4.78. The van der Waals surface area contributed by atoms with E-state index in [9.17, 15) is 4.79 Å². The average Bonchev–Trinajstić information content (AvgIpc) is 2.70. The van der Waals surface area contributed by atoms with E-state index in [1.807, 2.05) is 0 Å². The Morgan fingerprint density at radius 1 is 1.29 bits per heavy atom. The molecule has 1 aliphatic rings. The standard InChI is InChI=1S/C19H28O2/c1-7-13-8-14-9-17(21-11-12(2)3)16(19(4,5)6)10-15(14)18(13)20/h9-10,12-13H,7-8,11H2,1-6H3. The highest BCUT2D eigenvalue weighted by molar-refractivity contribution is 6.02. The molecule has 0 saturated heterocycles. The van der Waals surface area contributed by atoms with E-state index >= 15 is 0 Å². The van der Waals surface area contributed by atoms with Crippen LogP contribution in [0.3, 0.4) is 0 Å². The molecule has 0 N–H and O–H groups in total. The number of fused-ring (bicyclic) bond motifs is 1. The van der Waals surface area contributed by atoms with Crippen molar-refractivity contribution in [3.63, 3.8) is 0 Å². The van der Waals surface area contributed by atoms with E-state index in [1.165, 1.54) is 5.56 Å². The summed E-state index contributed by atoms with van der Waals surface area (Å²) in [5.41, 5.74) is 3.21. The first-order valence-corrected chi connectivity index (χ1v) is 8.08. The highest BCUT2D eigenvalue weighted by atomic mass is 16.5. The van der Waals surface area contributed by atoms with Crippen molar-refractivity contribution in [2.75, 3.05) is 6.61 Å². The molecule has 2 heteroatoms. The van der Waals surface area contributed by atoms with Crippen LogP contribution < -0.4 is 4.74 Å². The van der Waals surface area contributed by atoms with Gasteiger partial charge < -0.3 is 4.74 Å². The molecule has 1 atom stereocenters. The molecule has 1 unspecified atom stereocenters. The Balaban J connectivity index is 2.44. The van der Waals surface area contributed by atoms with Gasteiger partial charge in [-0.15, -0.1) is 0 Å². The normalized spacial score (nSPS) is 18.2. The minimum absolute atomic E-state index is 0.0219. The van der Waals surface area contributed by atoms with Crippen LogP contribution >= 0.6 is 0 Å². The Morgan fingerprint density at radius 2 is 1.95 bits per heavy atom. The van der Waals surface area contributed by atoms with Crippen LogP contribution in [0.25, 0.3) is 0 Å². The summed E-state index contributed by atoms with van der Waals surface area (Å²) in [5.74, 6) is 1.93. The van der Waals surface area contributed by atoms with Crippen LogP contribution in [0.4, 0.5) is 0 Å². The molecule has 21 heavy (non-hydrogen) atoms. The Morgan fingerprint density at radius 3 is 2.48 bits per heavy atom. The van der Waals surface area contributed by atoms with Crippen LogP contribution in [0.1, 0.15) is 69.4 Å². The molecule has 0 amide bonds. The fraction of sp³-hybridized carbons (Fsp3) is 0.632. The zero-order chi connectivity index (χ0) is 15.8. The SMILES string of the molecule is CCC1Cc2cc(OCC(C)C)c(C(C)(C)C)cc2C1=O. The van der Waals surface area contributed by atoms with Crippen LogP contribution in [0.5, 0.6) is 5.75 Å². The third-order valence-corrected chi connectivity index (χ3v) is 4.18. The van der Waals surface area contributed by atoms with Crippen LogP contribution in [0.15, 0.2) is 12.1 Å². The smallest absolute Gasteiger partial charge is 0.166 e. The highest BCUT2D eigenvalue weighted by Gasteiger charge is 2.32. The van der Waals surface area contributed by atoms with Gasteiger partial charge in [0.15, 0.2) is 5.78 Å². The summed E-state index contributed by atoms with van der Waals surface area (Å²) in [6.07, 6.45) is 1.79. The number of hydrogen-bond donors (Lipinski definition) is 0. The van der Waals surface area contributed by atoms with E-state index in [0.717, 1.165) is 29.7 Å². The Hall–Kier alpha value is -1.31. The van der Waals surface area contributed by atoms with Gasteiger partial charge >= 0.3 is 0 Å². The lowest BCUT2D eigenvalue weighted by Crippen LogP contribution is -2.16. The molecular weight excluding hydrogens is 260 g/mol. The second-order valence-electron chi connectivity index (χ2n) is 7.63. The van der Waals surface area contributed by atoms with Crippen LogP contribution in [0, 0.1) is 11.8 Å². The van der Waals surface area contributed by atoms with Crippen LogP contribution in [0.2, 0.25) is 0 Å². The van der Waals surface area contributed by atoms with Crippen molar-refractivity contribution in [1.29, 1.82) is 0 Å². The minimum atomic E-state index is -0.0219. The van der Waals surface area contributed by atoms with Gasteiger partial charge in [0.1, 0.15) is 5.75 Å². The van der Waals surface area contributed by atoms with Crippen LogP contribution in [-0.2, 0) is 11.8 Å². The fourth-order valence-corrected chi connectivity index (χ4v) is 2.89. The summed E-state index contributed by atoms with van der Waals surface area (Å²) in [6, 6.07) is 4.20. The van der Waals surface area contributed by atoms with Crippen molar-refractivity contribution in [2.24, 2.45) is 11.8 Å². The fourth-order valence-electron chi connectivity index (χ4n) is 2.89. The lowest BCUT2D eigenvalue weighted by Gasteiger charge is -2.24. The van der Waals surface area contributed by atoms with Crippen molar-refractivity contribution in [1.82, 2.24) is 0 Å². The Kier molecular flexibility index (Phi) is 4.46. The van der Waals surface area contributed by atoms with Crippen molar-refractivity contribution < 1.29 is 9.53 Å². The van der Waals surface area contributed by atoms with Crippen molar-refractivity contribution in [3.05, 3.63) is 28.8 Å². The van der Waals surface area contributed by atoms with Gasteiger partial charge in [-0.05, 0) is 41.9 Å². The lowest BCUT2D eigenvalue weighted by molar-refractivity contribution is 0.0934. The molecule has 0 bridgehead atoms. The predicted molar refractivity (Wildman–Crippen MR) is 87.3 cm³/mol. The summed E-state index contributed by atoms with van der Waals surface area (Å²) in [6.45, 7) is 13.6. The molecule has 0 fully saturated rings. The second-order valence-corrected chi connectivity index (χ2v) is 7.63. The number of ketones is 1. The molecule has 0 saturated carbocycles. The van der Waals surface area contributed by atoms with Crippen LogP contribution in [-0.4, -0.2) is 12.4 Å². The Labute approximate surface area is 128 Å². The summed E-state index contributed by atoms with van der Waals surface area (Å²) >= 11 is 0. The maximum Gasteiger partial charge on any atom is 0.166 e. The number of hydrogen-bond acceptors (Lipinski definition) is 2. The molecular formula is C19H28O2. The van der Waals surface area contributed by atoms with E-state index in [-0.39, 0.29) is 11.3 Å². The van der Waals surface area contributed by atoms with Gasteiger partial charge in [0.25, 0.3) is 0 Å². The number of carbonyl (C=O) groups is 1. The van der Waals surface area contributed by atoms with Gasteiger partial charge in [-0.2, -0.15) is 0 Å². The van der Waals surface area contributed by atoms with Crippen molar-refractivity contribution in [3.8, 4) is 5.75 Å². The van der Waals surface area contributed by atoms with E-state index in [4.69, 9.17) is 4.74 Å². The monoisotopic (exact) mass is 288 g/mol. The molecule has 0 radical (unpaired) electrons. The summed E-state index contributed by atoms with van der Waals surface area (Å²) in [4.78, 5) is 12.4. The summed E-state index contributed by atoms with van der Waals surface area (Å²) < 4.78 is 6.04. The average molecular weight is 288 g/mol. The molecule has 116 valence electrons. The van der Waals surface area contributed by atoms with E-state index < -0.39 is 0 Å². The van der Waals surface area contributed by atoms with E-state index in [1.54, 1.807) is 0 Å². The first-order chi connectivity index (χ1) is 9.74. The topological polar surface area (TPSA) is 26.3 Å². The molecule has 1 aromatic rings. The van der Waals surface area contributed by atoms with Gasteiger partial charge in [-0.25, -0.2) is 0 Å². The van der Waals surface area contributed by atoms with Crippen molar-refractivity contribution >= 4 is 5.78 Å². The molecule has 0 aromatic heterocycles. The van der Waals surface area contributed by atoms with E-state index in [0.29, 0.717) is 18.3 Å². The molecule has 1 aromatic carbocycles. The molecule has 0 heterocycles. The van der Waals surface area contributed by atoms with Gasteiger partial charge in [-0.3, -0.25) is 4.79 Å². The molecule has 0 aliphatic heterocycles. The highest BCUT2D eigenvalue weighted by Crippen LogP contribution is 2.39. The summed E-state index contributed by atoms with van der Waals surface area (Å²) in [5, 5.41) is 0. The zero-order valence-electron chi connectivity index (χ0n) is 14.2. The first-order valence-electron chi connectivity index (χ1n) is 8.08. The van der Waals surface area contributed by atoms with Gasteiger partial charge in [0.05, 0.1) is 6.61 Å². The molecule has 2 nitrogen and oxygen atoms in total. The van der Waals surface area contributed by atoms with Gasteiger partial charge in [0, 0.05) is 17.0 Å². The first kappa shape index (κ1) is 16.1. The number of benzene rings is 1. The largest absolute Gasteiger partial charge is 0.493 e. The lowest BCUT2D eigenvalue weighted by atomic mass is 9.84. The zero-order valence-corrected chi connectivity index (χ0v) is 14.2. The number of rotatable bonds is 4. The molecule has 0 spiro atoms. The summed E-state index contributed by atoms with van der Waals surface area (Å²) in [7, 11) is 0. The van der Waals surface area contributed by atoms with Gasteiger partial charge in [-0.1, -0.05) is 41.5 Å². The minimum Gasteiger partial charge on any atom is -0.493 e. The van der Waals surface area contributed by atoms with Crippen molar-refractivity contribution in [2.45, 2.75) is 59.8 Å². The number of carbonyl (C=O) groups excluding carboxylic acids is 1. The quantitative estimate of drug-likeness (QED) is 0.796. The molecule has 2 rings (SSSR count). The third kappa shape index (κ3) is 3.30.